The van der Waals surface area contributed by atoms with Gasteiger partial charge in [-0.1, -0.05) is 26.7 Å². The fourth-order valence-corrected chi connectivity index (χ4v) is 3.21. The van der Waals surface area contributed by atoms with Gasteiger partial charge in [-0.2, -0.15) is 12.7 Å². The van der Waals surface area contributed by atoms with E-state index in [2.05, 4.69) is 18.6 Å². The van der Waals surface area contributed by atoms with Crippen LogP contribution in [0.1, 0.15) is 40.5 Å². The average Bonchev–Trinajstić information content (AvgIpc) is 2.27. The lowest BCUT2D eigenvalue weighted by atomic mass is 9.99. The molecule has 0 bridgehead atoms. The Morgan fingerprint density at radius 3 is 2.06 bits per heavy atom. The molecule has 0 aromatic rings. The fraction of sp³-hybridized carbons (Fsp3) is 1.00. The number of nitrogens with one attached hydrogen (secondary N) is 1. The van der Waals surface area contributed by atoms with Crippen LogP contribution in [-0.2, 0) is 10.2 Å². The van der Waals surface area contributed by atoms with Gasteiger partial charge in [0, 0.05) is 25.0 Å². The van der Waals surface area contributed by atoms with Crippen molar-refractivity contribution in [1.29, 1.82) is 0 Å². The zero-order chi connectivity index (χ0) is 13.6. The minimum atomic E-state index is -3.41. The summed E-state index contributed by atoms with van der Waals surface area (Å²) in [5.74, 6) is 0.351. The summed E-state index contributed by atoms with van der Waals surface area (Å²) in [5.41, 5.74) is 0. The maximum Gasteiger partial charge on any atom is 0.279 e. The number of hydrogen-bond donors (Lipinski definition) is 1. The zero-order valence-electron chi connectivity index (χ0n) is 11.4. The van der Waals surface area contributed by atoms with Crippen LogP contribution in [0.15, 0.2) is 0 Å². The molecule has 0 aliphatic rings. The Bertz CT molecular complexity index is 303. The van der Waals surface area contributed by atoms with Crippen LogP contribution in [-0.4, -0.2) is 37.7 Å². The molecule has 0 spiro atoms. The molecule has 0 aliphatic heterocycles. The Morgan fingerprint density at radius 1 is 1.24 bits per heavy atom. The third-order valence-corrected chi connectivity index (χ3v) is 5.35. The summed E-state index contributed by atoms with van der Waals surface area (Å²) in [6, 6.07) is -0.0607. The summed E-state index contributed by atoms with van der Waals surface area (Å²) in [6.45, 7) is 8.08. The summed E-state index contributed by atoms with van der Waals surface area (Å²) in [5, 5.41) is -0.152. The lowest BCUT2D eigenvalue weighted by Gasteiger charge is -2.24. The van der Waals surface area contributed by atoms with Gasteiger partial charge >= 0.3 is 0 Å². The molecule has 1 unspecified atom stereocenters. The largest absolute Gasteiger partial charge is 0.279 e. The SMILES string of the molecule is CCC(CC)C(Cl)CNS(=O)(=O)N(C)C(C)C. The molecule has 0 aromatic heterocycles. The highest BCUT2D eigenvalue weighted by atomic mass is 35.5. The van der Waals surface area contributed by atoms with Crippen LogP contribution >= 0.6 is 11.6 Å². The molecule has 0 fully saturated rings. The van der Waals surface area contributed by atoms with Crippen molar-refractivity contribution in [1.82, 2.24) is 9.03 Å². The average molecular weight is 285 g/mol. The van der Waals surface area contributed by atoms with Crippen molar-refractivity contribution in [2.75, 3.05) is 13.6 Å². The van der Waals surface area contributed by atoms with Gasteiger partial charge in [-0.3, -0.25) is 0 Å². The van der Waals surface area contributed by atoms with Crippen LogP contribution < -0.4 is 4.72 Å². The second-order valence-corrected chi connectivity index (χ2v) is 6.93. The monoisotopic (exact) mass is 284 g/mol. The van der Waals surface area contributed by atoms with Crippen LogP contribution in [0.2, 0.25) is 0 Å². The molecule has 0 saturated carbocycles. The smallest absolute Gasteiger partial charge is 0.201 e. The van der Waals surface area contributed by atoms with Crippen molar-refractivity contribution >= 4 is 21.8 Å². The van der Waals surface area contributed by atoms with Gasteiger partial charge in [-0.05, 0) is 19.8 Å². The summed E-state index contributed by atoms with van der Waals surface area (Å²) in [7, 11) is -1.84. The molecule has 0 heterocycles. The standard InChI is InChI=1S/C11H25ClN2O2S/c1-6-10(7-2)11(12)8-13-17(15,16)14(5)9(3)4/h9-11,13H,6-8H2,1-5H3. The number of nitrogens with zero attached hydrogens (tertiary/aromatic N) is 1. The van der Waals surface area contributed by atoms with Crippen molar-refractivity contribution in [3.8, 4) is 0 Å². The normalized spacial score (nSPS) is 14.9. The van der Waals surface area contributed by atoms with E-state index in [1.807, 2.05) is 13.8 Å². The first kappa shape index (κ1) is 17.2. The third-order valence-electron chi connectivity index (χ3n) is 3.13. The van der Waals surface area contributed by atoms with E-state index in [1.165, 1.54) is 4.31 Å². The van der Waals surface area contributed by atoms with Crippen molar-refractivity contribution in [2.24, 2.45) is 5.92 Å². The minimum absolute atomic E-state index is 0.0607. The van der Waals surface area contributed by atoms with E-state index < -0.39 is 10.2 Å². The Kier molecular flexibility index (Phi) is 7.63. The number of hydrogen-bond acceptors (Lipinski definition) is 2. The molecule has 0 saturated heterocycles. The van der Waals surface area contributed by atoms with Gasteiger partial charge in [0.25, 0.3) is 10.2 Å². The maximum absolute atomic E-state index is 11.8. The lowest BCUT2D eigenvalue weighted by molar-refractivity contribution is 0.397. The quantitative estimate of drug-likeness (QED) is 0.695. The highest BCUT2D eigenvalue weighted by molar-refractivity contribution is 7.87. The molecule has 6 heteroatoms. The first-order chi connectivity index (χ1) is 7.76. The molecule has 1 N–H and O–H groups in total. The Hall–Kier alpha value is 0.160. The van der Waals surface area contributed by atoms with Crippen LogP contribution in [0.25, 0.3) is 0 Å². The topological polar surface area (TPSA) is 49.4 Å². The predicted octanol–water partition coefficient (Wildman–Crippen LogP) is 2.20. The summed E-state index contributed by atoms with van der Waals surface area (Å²) in [6.07, 6.45) is 1.93. The van der Waals surface area contributed by atoms with E-state index in [9.17, 15) is 8.42 Å². The van der Waals surface area contributed by atoms with E-state index in [0.29, 0.717) is 5.92 Å². The van der Waals surface area contributed by atoms with Crippen molar-refractivity contribution in [2.45, 2.75) is 52.0 Å². The molecular weight excluding hydrogens is 260 g/mol. The van der Waals surface area contributed by atoms with Gasteiger partial charge in [-0.25, -0.2) is 4.72 Å². The van der Waals surface area contributed by atoms with Crippen molar-refractivity contribution in [3.63, 3.8) is 0 Å². The first-order valence-corrected chi connectivity index (χ1v) is 8.00. The van der Waals surface area contributed by atoms with Crippen LogP contribution in [0.5, 0.6) is 0 Å². The van der Waals surface area contributed by atoms with Gasteiger partial charge < -0.3 is 0 Å². The fourth-order valence-electron chi connectivity index (χ4n) is 1.53. The maximum atomic E-state index is 11.8. The van der Waals surface area contributed by atoms with Crippen molar-refractivity contribution < 1.29 is 8.42 Å². The van der Waals surface area contributed by atoms with Gasteiger partial charge in [0.05, 0.1) is 0 Å². The Balaban J connectivity index is 4.37. The minimum Gasteiger partial charge on any atom is -0.201 e. The third kappa shape index (κ3) is 5.55. The van der Waals surface area contributed by atoms with Crippen LogP contribution in [0.4, 0.5) is 0 Å². The number of halogens is 1. The second-order valence-electron chi connectivity index (χ2n) is 4.56. The van der Waals surface area contributed by atoms with Crippen molar-refractivity contribution in [3.05, 3.63) is 0 Å². The first-order valence-electron chi connectivity index (χ1n) is 6.12. The van der Waals surface area contributed by atoms with E-state index in [0.717, 1.165) is 12.8 Å². The van der Waals surface area contributed by atoms with Gasteiger partial charge in [-0.15, -0.1) is 11.6 Å². The molecule has 1 atom stereocenters. The summed E-state index contributed by atoms with van der Waals surface area (Å²) < 4.78 is 27.5. The number of alkyl halides is 1. The molecule has 0 aromatic carbocycles. The summed E-state index contributed by atoms with van der Waals surface area (Å²) in [4.78, 5) is 0. The second kappa shape index (κ2) is 7.56. The van der Waals surface area contributed by atoms with E-state index in [1.54, 1.807) is 7.05 Å². The van der Waals surface area contributed by atoms with E-state index in [-0.39, 0.29) is 18.0 Å². The van der Waals surface area contributed by atoms with Crippen LogP contribution in [0.3, 0.4) is 0 Å². The Morgan fingerprint density at radius 2 is 1.71 bits per heavy atom. The highest BCUT2D eigenvalue weighted by Crippen LogP contribution is 2.18. The molecule has 104 valence electrons. The summed E-state index contributed by atoms with van der Waals surface area (Å²) >= 11 is 6.19. The highest BCUT2D eigenvalue weighted by Gasteiger charge is 2.23. The molecule has 17 heavy (non-hydrogen) atoms. The van der Waals surface area contributed by atoms with Crippen LogP contribution in [0, 0.1) is 5.92 Å². The molecule has 0 amide bonds. The van der Waals surface area contributed by atoms with Gasteiger partial charge in [0.15, 0.2) is 0 Å². The Labute approximate surface area is 111 Å². The molecular formula is C11H25ClN2O2S. The molecule has 0 rings (SSSR count). The number of rotatable bonds is 8. The van der Waals surface area contributed by atoms with Gasteiger partial charge in [0.1, 0.15) is 0 Å². The lowest BCUT2D eigenvalue weighted by Crippen LogP contribution is -2.44. The van der Waals surface area contributed by atoms with E-state index in [4.69, 9.17) is 11.6 Å². The zero-order valence-corrected chi connectivity index (χ0v) is 13.0. The molecule has 0 radical (unpaired) electrons. The van der Waals surface area contributed by atoms with Gasteiger partial charge in [0.2, 0.25) is 0 Å². The van der Waals surface area contributed by atoms with E-state index >= 15 is 0 Å². The predicted molar refractivity (Wildman–Crippen MR) is 73.5 cm³/mol. The molecule has 0 aliphatic carbocycles. The molecule has 4 nitrogen and oxygen atoms in total.